The van der Waals surface area contributed by atoms with Crippen LogP contribution in [0.25, 0.3) is 11.1 Å². The van der Waals surface area contributed by atoms with Gasteiger partial charge in [-0.2, -0.15) is 0 Å². The topological polar surface area (TPSA) is 20.3 Å². The van der Waals surface area contributed by atoms with Crippen LogP contribution in [-0.2, 0) is 11.2 Å². The normalized spacial score (nSPS) is 17.9. The van der Waals surface area contributed by atoms with E-state index in [9.17, 15) is 4.79 Å². The highest BCUT2D eigenvalue weighted by Gasteiger charge is 2.32. The van der Waals surface area contributed by atoms with Crippen molar-refractivity contribution in [3.05, 3.63) is 84.6 Å². The standard InChI is InChI=1S/C22H23NO/c1-3-4-14-23-21(15-17(2)22(23)24)16-18-10-12-20(13-11-18)19-8-6-5-7-9-19/h4-14,21H,2-3,15-16H2,1H3/t21-/m0/s1. The average molecular weight is 317 g/mol. The lowest BCUT2D eigenvalue weighted by molar-refractivity contribution is -0.123. The number of carbonyl (C=O) groups is 1. The van der Waals surface area contributed by atoms with Crippen LogP contribution in [0.5, 0.6) is 0 Å². The van der Waals surface area contributed by atoms with Gasteiger partial charge in [-0.3, -0.25) is 4.79 Å². The maximum absolute atomic E-state index is 12.2. The van der Waals surface area contributed by atoms with Crippen molar-refractivity contribution < 1.29 is 4.79 Å². The van der Waals surface area contributed by atoms with Gasteiger partial charge in [0.25, 0.3) is 5.91 Å². The Balaban J connectivity index is 1.74. The first-order chi connectivity index (χ1) is 11.7. The Morgan fingerprint density at radius 2 is 1.75 bits per heavy atom. The van der Waals surface area contributed by atoms with Crippen LogP contribution in [0.1, 0.15) is 25.3 Å². The highest BCUT2D eigenvalue weighted by atomic mass is 16.2. The van der Waals surface area contributed by atoms with Crippen LogP contribution in [0.3, 0.4) is 0 Å². The highest BCUT2D eigenvalue weighted by molar-refractivity contribution is 5.96. The maximum atomic E-state index is 12.2. The number of carbonyl (C=O) groups excluding carboxylic acids is 1. The van der Waals surface area contributed by atoms with Gasteiger partial charge in [0.2, 0.25) is 0 Å². The molecule has 1 fully saturated rings. The van der Waals surface area contributed by atoms with Gasteiger partial charge in [0, 0.05) is 17.8 Å². The van der Waals surface area contributed by atoms with Gasteiger partial charge in [-0.1, -0.05) is 74.2 Å². The molecule has 1 aliphatic heterocycles. The summed E-state index contributed by atoms with van der Waals surface area (Å²) in [6.07, 6.45) is 6.47. The Labute approximate surface area is 144 Å². The van der Waals surface area contributed by atoms with Gasteiger partial charge in [-0.15, -0.1) is 0 Å². The number of hydrogen-bond donors (Lipinski definition) is 0. The average Bonchev–Trinajstić information content (AvgIpc) is 2.88. The Morgan fingerprint density at radius 1 is 1.08 bits per heavy atom. The van der Waals surface area contributed by atoms with E-state index in [0.717, 1.165) is 19.3 Å². The van der Waals surface area contributed by atoms with Crippen molar-refractivity contribution in [1.29, 1.82) is 0 Å². The van der Waals surface area contributed by atoms with Crippen molar-refractivity contribution in [2.75, 3.05) is 0 Å². The van der Waals surface area contributed by atoms with Crippen LogP contribution in [0.15, 0.2) is 79.0 Å². The van der Waals surface area contributed by atoms with Crippen molar-refractivity contribution in [3.8, 4) is 11.1 Å². The molecule has 2 aromatic rings. The summed E-state index contributed by atoms with van der Waals surface area (Å²) in [4.78, 5) is 14.1. The zero-order chi connectivity index (χ0) is 16.9. The van der Waals surface area contributed by atoms with Crippen molar-refractivity contribution in [2.24, 2.45) is 0 Å². The summed E-state index contributed by atoms with van der Waals surface area (Å²) in [5.41, 5.74) is 4.40. The van der Waals surface area contributed by atoms with Crippen molar-refractivity contribution >= 4 is 5.91 Å². The molecule has 0 unspecified atom stereocenters. The van der Waals surface area contributed by atoms with Crippen LogP contribution in [0.2, 0.25) is 0 Å². The Hall–Kier alpha value is -2.61. The molecule has 0 bridgehead atoms. The van der Waals surface area contributed by atoms with Crippen LogP contribution < -0.4 is 0 Å². The third-order valence-corrected chi connectivity index (χ3v) is 4.45. The number of hydrogen-bond acceptors (Lipinski definition) is 1. The molecule has 1 amide bonds. The molecule has 1 saturated heterocycles. The Kier molecular flexibility index (Phi) is 4.95. The van der Waals surface area contributed by atoms with E-state index in [1.165, 1.54) is 16.7 Å². The summed E-state index contributed by atoms with van der Waals surface area (Å²) in [7, 11) is 0. The molecule has 0 radical (unpaired) electrons. The minimum atomic E-state index is 0.0607. The molecule has 0 spiro atoms. The van der Waals surface area contributed by atoms with Gasteiger partial charge in [-0.25, -0.2) is 0 Å². The molecule has 0 N–H and O–H groups in total. The van der Waals surface area contributed by atoms with Gasteiger partial charge in [0.1, 0.15) is 0 Å². The van der Waals surface area contributed by atoms with E-state index >= 15 is 0 Å². The fourth-order valence-electron chi connectivity index (χ4n) is 3.13. The minimum Gasteiger partial charge on any atom is -0.312 e. The second-order valence-electron chi connectivity index (χ2n) is 6.23. The van der Waals surface area contributed by atoms with Crippen LogP contribution in [0, 0.1) is 0 Å². The van der Waals surface area contributed by atoms with E-state index in [-0.39, 0.29) is 11.9 Å². The number of rotatable bonds is 5. The monoisotopic (exact) mass is 317 g/mol. The van der Waals surface area contributed by atoms with Gasteiger partial charge >= 0.3 is 0 Å². The first kappa shape index (κ1) is 16.3. The number of likely N-dealkylation sites (tertiary alicyclic amines) is 1. The third-order valence-electron chi connectivity index (χ3n) is 4.45. The molecule has 2 heteroatoms. The van der Waals surface area contributed by atoms with Gasteiger partial charge in [0.15, 0.2) is 0 Å². The van der Waals surface area contributed by atoms with Gasteiger partial charge in [0.05, 0.1) is 0 Å². The van der Waals surface area contributed by atoms with Gasteiger partial charge < -0.3 is 4.90 Å². The second kappa shape index (κ2) is 7.31. The summed E-state index contributed by atoms with van der Waals surface area (Å²) in [5.74, 6) is 0.0607. The molecule has 2 nitrogen and oxygen atoms in total. The Morgan fingerprint density at radius 3 is 2.42 bits per heavy atom. The lowest BCUT2D eigenvalue weighted by Gasteiger charge is -2.20. The van der Waals surface area contributed by atoms with E-state index in [1.54, 1.807) is 0 Å². The van der Waals surface area contributed by atoms with E-state index in [4.69, 9.17) is 0 Å². The number of nitrogens with zero attached hydrogens (tertiary/aromatic N) is 1. The predicted octanol–water partition coefficient (Wildman–Crippen LogP) is 4.98. The van der Waals surface area contributed by atoms with E-state index in [0.29, 0.717) is 5.57 Å². The summed E-state index contributed by atoms with van der Waals surface area (Å²) >= 11 is 0. The molecule has 0 aliphatic carbocycles. The quantitative estimate of drug-likeness (QED) is 0.712. The van der Waals surface area contributed by atoms with Crippen LogP contribution in [-0.4, -0.2) is 16.8 Å². The van der Waals surface area contributed by atoms with Crippen molar-refractivity contribution in [1.82, 2.24) is 4.90 Å². The largest absolute Gasteiger partial charge is 0.312 e. The second-order valence-corrected chi connectivity index (χ2v) is 6.23. The molecule has 1 atom stereocenters. The van der Waals surface area contributed by atoms with E-state index < -0.39 is 0 Å². The fourth-order valence-corrected chi connectivity index (χ4v) is 3.13. The molecular formula is C22H23NO. The van der Waals surface area contributed by atoms with Crippen LogP contribution in [0.4, 0.5) is 0 Å². The molecule has 1 aliphatic rings. The van der Waals surface area contributed by atoms with Crippen LogP contribution >= 0.6 is 0 Å². The third kappa shape index (κ3) is 3.48. The molecule has 2 aromatic carbocycles. The summed E-state index contributed by atoms with van der Waals surface area (Å²) in [6.45, 7) is 5.99. The van der Waals surface area contributed by atoms with Crippen molar-refractivity contribution in [2.45, 2.75) is 32.2 Å². The molecule has 24 heavy (non-hydrogen) atoms. The zero-order valence-electron chi connectivity index (χ0n) is 14.1. The molecular weight excluding hydrogens is 294 g/mol. The van der Waals surface area contributed by atoms with E-state index in [2.05, 4.69) is 62.0 Å². The van der Waals surface area contributed by atoms with E-state index in [1.807, 2.05) is 23.2 Å². The number of allylic oxidation sites excluding steroid dienone is 1. The SMILES string of the molecule is C=C1C[C@@H](Cc2ccc(-c3ccccc3)cc2)N(C=CCC)C1=O. The smallest absolute Gasteiger partial charge is 0.253 e. The molecule has 0 aromatic heterocycles. The lowest BCUT2D eigenvalue weighted by atomic mass is 9.99. The lowest BCUT2D eigenvalue weighted by Crippen LogP contribution is -2.29. The minimum absolute atomic E-state index is 0.0607. The summed E-state index contributed by atoms with van der Waals surface area (Å²) in [6, 6.07) is 19.2. The van der Waals surface area contributed by atoms with Gasteiger partial charge in [-0.05, 0) is 36.0 Å². The predicted molar refractivity (Wildman–Crippen MR) is 99.4 cm³/mol. The number of amides is 1. The fraction of sp³-hybridized carbons (Fsp3) is 0.227. The Bertz CT molecular complexity index is 743. The highest BCUT2D eigenvalue weighted by Crippen LogP contribution is 2.27. The number of benzene rings is 2. The first-order valence-corrected chi connectivity index (χ1v) is 8.50. The molecule has 122 valence electrons. The maximum Gasteiger partial charge on any atom is 0.253 e. The molecule has 3 rings (SSSR count). The molecule has 0 saturated carbocycles. The van der Waals surface area contributed by atoms with Crippen molar-refractivity contribution in [3.63, 3.8) is 0 Å². The summed E-state index contributed by atoms with van der Waals surface area (Å²) < 4.78 is 0. The molecule has 1 heterocycles. The summed E-state index contributed by atoms with van der Waals surface area (Å²) in [5, 5.41) is 0. The first-order valence-electron chi connectivity index (χ1n) is 8.50. The zero-order valence-corrected chi connectivity index (χ0v) is 14.1.